The number of aliphatic hydroxyl groups is 1. The van der Waals surface area contributed by atoms with Gasteiger partial charge in [0.25, 0.3) is 0 Å². The Morgan fingerprint density at radius 1 is 1.50 bits per heavy atom. The van der Waals surface area contributed by atoms with Crippen LogP contribution in [0.3, 0.4) is 0 Å². The lowest BCUT2D eigenvalue weighted by atomic mass is 9.82. The Morgan fingerprint density at radius 3 is 2.94 bits per heavy atom. The molecule has 1 aromatic rings. The first-order chi connectivity index (χ1) is 8.67. The van der Waals surface area contributed by atoms with E-state index < -0.39 is 0 Å². The number of hydrogen-bond acceptors (Lipinski definition) is 5. The van der Waals surface area contributed by atoms with Gasteiger partial charge in [0.1, 0.15) is 17.6 Å². The predicted molar refractivity (Wildman–Crippen MR) is 69.6 cm³/mol. The third-order valence-corrected chi connectivity index (χ3v) is 3.15. The summed E-state index contributed by atoms with van der Waals surface area (Å²) in [5.41, 5.74) is 0. The van der Waals surface area contributed by atoms with Gasteiger partial charge in [0.05, 0.1) is 6.10 Å². The molecule has 1 aromatic heterocycles. The van der Waals surface area contributed by atoms with Gasteiger partial charge in [-0.2, -0.15) is 0 Å². The topological polar surface area (TPSA) is 67.3 Å². The van der Waals surface area contributed by atoms with E-state index in [-0.39, 0.29) is 6.10 Å². The van der Waals surface area contributed by atoms with Gasteiger partial charge >= 0.3 is 0 Å². The Labute approximate surface area is 112 Å². The summed E-state index contributed by atoms with van der Waals surface area (Å²) in [7, 11) is 0. The second kappa shape index (κ2) is 6.31. The van der Waals surface area contributed by atoms with Crippen molar-refractivity contribution in [3.8, 4) is 0 Å². The molecule has 0 bridgehead atoms. The fraction of sp³-hybridized carbons (Fsp3) is 0.667. The van der Waals surface area contributed by atoms with E-state index >= 15 is 0 Å². The lowest BCUT2D eigenvalue weighted by Crippen LogP contribution is -2.33. The highest BCUT2D eigenvalue weighted by atomic mass is 35.5. The van der Waals surface area contributed by atoms with Crippen molar-refractivity contribution in [1.29, 1.82) is 0 Å². The Hall–Kier alpha value is -0.910. The standard InChI is InChI=1S/C12H18ClN3O2/c1-2-18-7-12-15-10(13)5-11(16-12)14-6-8-3-9(17)4-8/h5,8-9,17H,2-4,6-7H2,1H3,(H,14,15,16). The quantitative estimate of drug-likeness (QED) is 0.773. The molecule has 1 fully saturated rings. The van der Waals surface area contributed by atoms with Gasteiger partial charge in [-0.25, -0.2) is 9.97 Å². The molecule has 0 radical (unpaired) electrons. The SMILES string of the molecule is CCOCc1nc(Cl)cc(NCC2CC(O)C2)n1. The summed E-state index contributed by atoms with van der Waals surface area (Å²) in [4.78, 5) is 8.42. The molecule has 18 heavy (non-hydrogen) atoms. The number of rotatable bonds is 6. The summed E-state index contributed by atoms with van der Waals surface area (Å²) in [6.45, 7) is 3.72. The first-order valence-electron chi connectivity index (χ1n) is 6.20. The van der Waals surface area contributed by atoms with Crippen LogP contribution in [0.2, 0.25) is 5.15 Å². The number of anilines is 1. The monoisotopic (exact) mass is 271 g/mol. The largest absolute Gasteiger partial charge is 0.393 e. The van der Waals surface area contributed by atoms with Crippen molar-refractivity contribution in [3.05, 3.63) is 17.0 Å². The molecule has 0 spiro atoms. The van der Waals surface area contributed by atoms with Crippen LogP contribution in [0, 0.1) is 5.92 Å². The molecular weight excluding hydrogens is 254 g/mol. The highest BCUT2D eigenvalue weighted by Gasteiger charge is 2.26. The molecule has 0 unspecified atom stereocenters. The normalized spacial score (nSPS) is 22.6. The molecule has 100 valence electrons. The minimum atomic E-state index is -0.126. The molecule has 0 amide bonds. The van der Waals surface area contributed by atoms with Gasteiger partial charge in [0.2, 0.25) is 0 Å². The van der Waals surface area contributed by atoms with E-state index in [2.05, 4.69) is 15.3 Å². The summed E-state index contributed by atoms with van der Waals surface area (Å²) in [5, 5.41) is 12.8. The highest BCUT2D eigenvalue weighted by Crippen LogP contribution is 2.27. The molecule has 6 heteroatoms. The van der Waals surface area contributed by atoms with Crippen LogP contribution in [-0.4, -0.2) is 34.3 Å². The van der Waals surface area contributed by atoms with Crippen molar-refractivity contribution in [1.82, 2.24) is 9.97 Å². The van der Waals surface area contributed by atoms with E-state index in [0.29, 0.717) is 35.9 Å². The Bertz CT molecular complexity index is 397. The molecule has 0 saturated heterocycles. The van der Waals surface area contributed by atoms with E-state index in [9.17, 15) is 5.11 Å². The molecule has 5 nitrogen and oxygen atoms in total. The molecule has 1 aliphatic carbocycles. The van der Waals surface area contributed by atoms with E-state index in [4.69, 9.17) is 16.3 Å². The number of hydrogen-bond donors (Lipinski definition) is 2. The predicted octanol–water partition coefficient (Wildman–Crippen LogP) is 1.85. The third kappa shape index (κ3) is 3.80. The fourth-order valence-corrected chi connectivity index (χ4v) is 2.13. The highest BCUT2D eigenvalue weighted by molar-refractivity contribution is 6.29. The first kappa shape index (κ1) is 13.5. The summed E-state index contributed by atoms with van der Waals surface area (Å²) < 4.78 is 5.26. The first-order valence-corrected chi connectivity index (χ1v) is 6.58. The van der Waals surface area contributed by atoms with E-state index in [1.165, 1.54) is 0 Å². The molecule has 1 saturated carbocycles. The van der Waals surface area contributed by atoms with Crippen molar-refractivity contribution in [2.45, 2.75) is 32.5 Å². The van der Waals surface area contributed by atoms with Crippen molar-refractivity contribution < 1.29 is 9.84 Å². The van der Waals surface area contributed by atoms with Gasteiger partial charge in [0.15, 0.2) is 5.82 Å². The summed E-state index contributed by atoms with van der Waals surface area (Å²) in [6, 6.07) is 1.70. The maximum atomic E-state index is 9.21. The number of ether oxygens (including phenoxy) is 1. The Kier molecular flexibility index (Phi) is 4.74. The van der Waals surface area contributed by atoms with Crippen LogP contribution in [0.1, 0.15) is 25.6 Å². The summed E-state index contributed by atoms with van der Waals surface area (Å²) in [5.74, 6) is 1.82. The Morgan fingerprint density at radius 2 is 2.28 bits per heavy atom. The van der Waals surface area contributed by atoms with Crippen LogP contribution in [0.25, 0.3) is 0 Å². The minimum absolute atomic E-state index is 0.126. The number of aliphatic hydroxyl groups excluding tert-OH is 1. The van der Waals surface area contributed by atoms with Gasteiger partial charge < -0.3 is 15.2 Å². The maximum absolute atomic E-state index is 9.21. The van der Waals surface area contributed by atoms with Crippen molar-refractivity contribution in [2.75, 3.05) is 18.5 Å². The minimum Gasteiger partial charge on any atom is -0.393 e. The number of nitrogens with zero attached hydrogens (tertiary/aromatic N) is 2. The van der Waals surface area contributed by atoms with Crippen LogP contribution in [0.4, 0.5) is 5.82 Å². The lowest BCUT2D eigenvalue weighted by Gasteiger charge is -2.31. The smallest absolute Gasteiger partial charge is 0.158 e. The molecule has 1 heterocycles. The van der Waals surface area contributed by atoms with Gasteiger partial charge in [-0.3, -0.25) is 0 Å². The Balaban J connectivity index is 1.88. The third-order valence-electron chi connectivity index (χ3n) is 2.96. The van der Waals surface area contributed by atoms with Crippen molar-refractivity contribution >= 4 is 17.4 Å². The number of aromatic nitrogens is 2. The average molecular weight is 272 g/mol. The number of halogens is 1. The van der Waals surface area contributed by atoms with Gasteiger partial charge in [-0.05, 0) is 25.7 Å². The van der Waals surface area contributed by atoms with E-state index in [1.54, 1.807) is 6.07 Å². The average Bonchev–Trinajstić information content (AvgIpc) is 2.30. The molecule has 2 N–H and O–H groups in total. The van der Waals surface area contributed by atoms with Crippen molar-refractivity contribution in [2.24, 2.45) is 5.92 Å². The van der Waals surface area contributed by atoms with Gasteiger partial charge in [-0.15, -0.1) is 0 Å². The second-order valence-corrected chi connectivity index (χ2v) is 4.89. The van der Waals surface area contributed by atoms with Crippen LogP contribution in [-0.2, 0) is 11.3 Å². The molecule has 0 atom stereocenters. The van der Waals surface area contributed by atoms with Crippen LogP contribution < -0.4 is 5.32 Å². The summed E-state index contributed by atoms with van der Waals surface area (Å²) >= 11 is 5.93. The fourth-order valence-electron chi connectivity index (χ4n) is 1.93. The molecule has 2 rings (SSSR count). The molecular formula is C12H18ClN3O2. The van der Waals surface area contributed by atoms with Gasteiger partial charge in [0, 0.05) is 19.2 Å². The van der Waals surface area contributed by atoms with Crippen LogP contribution in [0.5, 0.6) is 0 Å². The summed E-state index contributed by atoms with van der Waals surface area (Å²) in [6.07, 6.45) is 1.59. The lowest BCUT2D eigenvalue weighted by molar-refractivity contribution is 0.0486. The number of nitrogens with one attached hydrogen (secondary N) is 1. The van der Waals surface area contributed by atoms with Crippen molar-refractivity contribution in [3.63, 3.8) is 0 Å². The zero-order valence-electron chi connectivity index (χ0n) is 10.4. The van der Waals surface area contributed by atoms with Crippen LogP contribution in [0.15, 0.2) is 6.07 Å². The maximum Gasteiger partial charge on any atom is 0.158 e. The van der Waals surface area contributed by atoms with E-state index in [1.807, 2.05) is 6.92 Å². The molecule has 0 aromatic carbocycles. The zero-order valence-corrected chi connectivity index (χ0v) is 11.2. The molecule has 0 aliphatic heterocycles. The van der Waals surface area contributed by atoms with Crippen LogP contribution >= 0.6 is 11.6 Å². The molecule has 1 aliphatic rings. The zero-order chi connectivity index (χ0) is 13.0. The second-order valence-electron chi connectivity index (χ2n) is 4.50. The van der Waals surface area contributed by atoms with Gasteiger partial charge in [-0.1, -0.05) is 11.6 Å². The van der Waals surface area contributed by atoms with E-state index in [0.717, 1.165) is 19.4 Å².